The number of amides is 2. The van der Waals surface area contributed by atoms with E-state index in [1.165, 1.54) is 0 Å². The highest BCUT2D eigenvalue weighted by molar-refractivity contribution is 5.87. The Hall–Kier alpha value is -2.82. The summed E-state index contributed by atoms with van der Waals surface area (Å²) >= 11 is 0. The van der Waals surface area contributed by atoms with Gasteiger partial charge in [0.25, 0.3) is 5.91 Å². The number of benzene rings is 2. The Morgan fingerprint density at radius 2 is 1.67 bits per heavy atom. The van der Waals surface area contributed by atoms with Crippen molar-refractivity contribution in [3.63, 3.8) is 0 Å². The number of carbonyl (C=O) groups excluding carboxylic acids is 2. The maximum atomic E-state index is 12.9. The van der Waals surface area contributed by atoms with Crippen LogP contribution >= 0.6 is 0 Å². The minimum absolute atomic E-state index is 0.114. The van der Waals surface area contributed by atoms with Gasteiger partial charge in [0.05, 0.1) is 0 Å². The number of likely N-dealkylation sites (N-methyl/N-ethyl adjacent to an activating group) is 1. The van der Waals surface area contributed by atoms with E-state index in [-0.39, 0.29) is 18.4 Å². The fourth-order valence-corrected chi connectivity index (χ4v) is 2.77. The van der Waals surface area contributed by atoms with E-state index in [0.717, 1.165) is 22.3 Å². The van der Waals surface area contributed by atoms with Crippen molar-refractivity contribution in [2.24, 2.45) is 0 Å². The molecule has 0 radical (unpaired) electrons. The average Bonchev–Trinajstić information content (AvgIpc) is 2.66. The first-order valence-electron chi connectivity index (χ1n) is 9.08. The first kappa shape index (κ1) is 20.5. The Balaban J connectivity index is 2.15. The van der Waals surface area contributed by atoms with Crippen molar-refractivity contribution in [2.75, 3.05) is 13.7 Å². The largest absolute Gasteiger partial charge is 0.483 e. The fraction of sp³-hybridized carbons (Fsp3) is 0.364. The van der Waals surface area contributed by atoms with Crippen LogP contribution in [-0.4, -0.2) is 36.4 Å². The molecule has 0 saturated carbocycles. The van der Waals surface area contributed by atoms with Crippen LogP contribution in [0.2, 0.25) is 0 Å². The van der Waals surface area contributed by atoms with E-state index in [2.05, 4.69) is 5.32 Å². The molecule has 0 saturated heterocycles. The molecule has 144 valence electrons. The quantitative estimate of drug-likeness (QED) is 0.817. The highest BCUT2D eigenvalue weighted by Crippen LogP contribution is 2.19. The summed E-state index contributed by atoms with van der Waals surface area (Å²) in [5.41, 5.74) is 4.15. The van der Waals surface area contributed by atoms with Crippen LogP contribution in [0.1, 0.15) is 29.2 Å². The molecule has 0 fully saturated rings. The minimum atomic E-state index is -0.592. The molecule has 0 aromatic heterocycles. The van der Waals surface area contributed by atoms with E-state index in [4.69, 9.17) is 4.74 Å². The predicted molar refractivity (Wildman–Crippen MR) is 107 cm³/mol. The van der Waals surface area contributed by atoms with Crippen molar-refractivity contribution in [3.05, 3.63) is 64.7 Å². The molecule has 0 heterocycles. The SMILES string of the molecule is CNC(=O)[C@@H](C)N(Cc1ccc(C)cc1)C(=O)COc1cc(C)ccc1C. The van der Waals surface area contributed by atoms with E-state index in [1.807, 2.05) is 63.2 Å². The zero-order valence-corrected chi connectivity index (χ0v) is 16.7. The number of nitrogens with one attached hydrogen (secondary N) is 1. The third kappa shape index (κ3) is 5.58. The average molecular weight is 368 g/mol. The number of ether oxygens (including phenoxy) is 1. The summed E-state index contributed by atoms with van der Waals surface area (Å²) in [4.78, 5) is 26.5. The summed E-state index contributed by atoms with van der Waals surface area (Å²) in [6.45, 7) is 7.89. The van der Waals surface area contributed by atoms with Crippen LogP contribution in [-0.2, 0) is 16.1 Å². The highest BCUT2D eigenvalue weighted by Gasteiger charge is 2.26. The number of rotatable bonds is 7. The van der Waals surface area contributed by atoms with E-state index in [9.17, 15) is 9.59 Å². The van der Waals surface area contributed by atoms with Gasteiger partial charge in [0.2, 0.25) is 5.91 Å². The molecule has 1 N–H and O–H groups in total. The molecule has 2 rings (SSSR count). The van der Waals surface area contributed by atoms with Gasteiger partial charge >= 0.3 is 0 Å². The molecule has 2 aromatic carbocycles. The Morgan fingerprint density at radius 1 is 1.04 bits per heavy atom. The van der Waals surface area contributed by atoms with Crippen LogP contribution in [0.25, 0.3) is 0 Å². The second-order valence-electron chi connectivity index (χ2n) is 6.86. The molecule has 2 amide bonds. The summed E-state index contributed by atoms with van der Waals surface area (Å²) in [5, 5.41) is 2.61. The van der Waals surface area contributed by atoms with Gasteiger partial charge in [-0.25, -0.2) is 0 Å². The van der Waals surface area contributed by atoms with E-state index in [0.29, 0.717) is 12.3 Å². The van der Waals surface area contributed by atoms with Gasteiger partial charge in [-0.2, -0.15) is 0 Å². The maximum absolute atomic E-state index is 12.9. The molecule has 5 heteroatoms. The Kier molecular flexibility index (Phi) is 6.99. The lowest BCUT2D eigenvalue weighted by Crippen LogP contribution is -2.48. The highest BCUT2D eigenvalue weighted by atomic mass is 16.5. The smallest absolute Gasteiger partial charge is 0.261 e. The van der Waals surface area contributed by atoms with Crippen LogP contribution in [0.4, 0.5) is 0 Å². The number of hydrogen-bond acceptors (Lipinski definition) is 3. The molecule has 2 aromatic rings. The van der Waals surface area contributed by atoms with Crippen molar-refractivity contribution in [1.82, 2.24) is 10.2 Å². The summed E-state index contributed by atoms with van der Waals surface area (Å²) in [5.74, 6) is 0.251. The standard InChI is InChI=1S/C22H28N2O3/c1-15-7-10-19(11-8-15)13-24(18(4)22(26)23-5)21(25)14-27-20-12-16(2)6-9-17(20)3/h6-12,18H,13-14H2,1-5H3,(H,23,26)/t18-/m1/s1. The number of nitrogens with zero attached hydrogens (tertiary/aromatic N) is 1. The summed E-state index contributed by atoms with van der Waals surface area (Å²) in [6, 6.07) is 13.2. The molecule has 0 unspecified atom stereocenters. The van der Waals surface area contributed by atoms with E-state index < -0.39 is 6.04 Å². The second-order valence-corrected chi connectivity index (χ2v) is 6.86. The van der Waals surface area contributed by atoms with Crippen molar-refractivity contribution in [2.45, 2.75) is 40.3 Å². The molecule has 0 aliphatic rings. The Labute approximate surface area is 161 Å². The first-order chi connectivity index (χ1) is 12.8. The Morgan fingerprint density at radius 3 is 2.30 bits per heavy atom. The lowest BCUT2D eigenvalue weighted by Gasteiger charge is -2.28. The zero-order chi connectivity index (χ0) is 20.0. The molecular weight excluding hydrogens is 340 g/mol. The van der Waals surface area contributed by atoms with Gasteiger partial charge in [0.1, 0.15) is 11.8 Å². The third-order valence-corrected chi connectivity index (χ3v) is 4.58. The minimum Gasteiger partial charge on any atom is -0.483 e. The molecule has 27 heavy (non-hydrogen) atoms. The number of carbonyl (C=O) groups is 2. The summed E-state index contributed by atoms with van der Waals surface area (Å²) in [7, 11) is 1.57. The van der Waals surface area contributed by atoms with E-state index >= 15 is 0 Å². The van der Waals surface area contributed by atoms with Gasteiger partial charge in [-0.15, -0.1) is 0 Å². The lowest BCUT2D eigenvalue weighted by molar-refractivity contribution is -0.142. The predicted octanol–water partition coefficient (Wildman–Crippen LogP) is 3.15. The third-order valence-electron chi connectivity index (χ3n) is 4.58. The van der Waals surface area contributed by atoms with Crippen LogP contribution in [0.3, 0.4) is 0 Å². The van der Waals surface area contributed by atoms with E-state index in [1.54, 1.807) is 18.9 Å². The van der Waals surface area contributed by atoms with Gasteiger partial charge in [0, 0.05) is 13.6 Å². The van der Waals surface area contributed by atoms with Crippen molar-refractivity contribution < 1.29 is 14.3 Å². The van der Waals surface area contributed by atoms with Gasteiger partial charge in [-0.05, 0) is 50.5 Å². The molecule has 0 aliphatic carbocycles. The molecular formula is C22H28N2O3. The first-order valence-corrected chi connectivity index (χ1v) is 9.08. The summed E-state index contributed by atoms with van der Waals surface area (Å²) < 4.78 is 5.76. The van der Waals surface area contributed by atoms with Gasteiger partial charge < -0.3 is 15.0 Å². The topological polar surface area (TPSA) is 58.6 Å². The Bertz CT molecular complexity index is 800. The molecule has 5 nitrogen and oxygen atoms in total. The van der Waals surface area contributed by atoms with Crippen LogP contribution in [0, 0.1) is 20.8 Å². The lowest BCUT2D eigenvalue weighted by atomic mass is 10.1. The fourth-order valence-electron chi connectivity index (χ4n) is 2.77. The van der Waals surface area contributed by atoms with Crippen LogP contribution in [0.5, 0.6) is 5.75 Å². The van der Waals surface area contributed by atoms with Gasteiger partial charge in [-0.3, -0.25) is 9.59 Å². The summed E-state index contributed by atoms with van der Waals surface area (Å²) in [6.07, 6.45) is 0. The van der Waals surface area contributed by atoms with Crippen molar-refractivity contribution in [3.8, 4) is 5.75 Å². The number of hydrogen-bond donors (Lipinski definition) is 1. The number of aryl methyl sites for hydroxylation is 3. The van der Waals surface area contributed by atoms with Crippen LogP contribution < -0.4 is 10.1 Å². The van der Waals surface area contributed by atoms with Gasteiger partial charge in [0.15, 0.2) is 6.61 Å². The van der Waals surface area contributed by atoms with Crippen molar-refractivity contribution in [1.29, 1.82) is 0 Å². The monoisotopic (exact) mass is 368 g/mol. The van der Waals surface area contributed by atoms with Crippen molar-refractivity contribution >= 4 is 11.8 Å². The molecule has 0 aliphatic heterocycles. The zero-order valence-electron chi connectivity index (χ0n) is 16.7. The molecule has 0 bridgehead atoms. The van der Waals surface area contributed by atoms with Gasteiger partial charge in [-0.1, -0.05) is 42.0 Å². The second kappa shape index (κ2) is 9.21. The molecule has 1 atom stereocenters. The normalized spacial score (nSPS) is 11.6. The molecule has 0 spiro atoms. The maximum Gasteiger partial charge on any atom is 0.261 e. The van der Waals surface area contributed by atoms with Crippen LogP contribution in [0.15, 0.2) is 42.5 Å².